The molecule has 0 aliphatic heterocycles. The number of rotatable bonds is 2. The van der Waals surface area contributed by atoms with Crippen LogP contribution in [0.2, 0.25) is 0 Å². The summed E-state index contributed by atoms with van der Waals surface area (Å²) in [6.45, 7) is 2.09. The number of halogens is 3. The van der Waals surface area contributed by atoms with E-state index in [2.05, 4.69) is 10.1 Å². The van der Waals surface area contributed by atoms with Crippen molar-refractivity contribution in [2.75, 3.05) is 0 Å². The summed E-state index contributed by atoms with van der Waals surface area (Å²) in [6, 6.07) is 3.31. The summed E-state index contributed by atoms with van der Waals surface area (Å²) < 4.78 is 38.4. The van der Waals surface area contributed by atoms with Crippen LogP contribution in [0, 0.1) is 6.92 Å². The molecular weight excluding hydrogens is 245 g/mol. The Morgan fingerprint density at radius 1 is 1.33 bits per heavy atom. The molecular formula is C11H11F3N4. The van der Waals surface area contributed by atoms with Crippen LogP contribution < -0.4 is 5.73 Å². The molecule has 7 heteroatoms. The monoisotopic (exact) mass is 256 g/mol. The largest absolute Gasteiger partial charge is 0.419 e. The summed E-state index contributed by atoms with van der Waals surface area (Å²) in [5.74, 6) is 0.334. The van der Waals surface area contributed by atoms with Gasteiger partial charge in [-0.2, -0.15) is 18.3 Å². The first-order valence-corrected chi connectivity index (χ1v) is 5.20. The van der Waals surface area contributed by atoms with Crippen molar-refractivity contribution in [2.24, 2.45) is 5.73 Å². The standard InChI is InChI=1S/C11H11F3N4/c1-7-8(4-15)2-3-10(17-7)18-6-9(5-16-18)11(12,13)14/h2-3,5-6H,4,15H2,1H3. The zero-order chi connectivity index (χ0) is 13.3. The Morgan fingerprint density at radius 2 is 2.06 bits per heavy atom. The fraction of sp³-hybridized carbons (Fsp3) is 0.273. The molecule has 18 heavy (non-hydrogen) atoms. The molecule has 96 valence electrons. The van der Waals surface area contributed by atoms with Gasteiger partial charge >= 0.3 is 6.18 Å². The molecule has 0 saturated heterocycles. The van der Waals surface area contributed by atoms with Crippen molar-refractivity contribution >= 4 is 0 Å². The van der Waals surface area contributed by atoms with E-state index < -0.39 is 11.7 Å². The van der Waals surface area contributed by atoms with E-state index in [4.69, 9.17) is 5.73 Å². The highest BCUT2D eigenvalue weighted by Gasteiger charge is 2.32. The molecule has 0 unspecified atom stereocenters. The predicted molar refractivity (Wildman–Crippen MR) is 59.0 cm³/mol. The van der Waals surface area contributed by atoms with E-state index in [9.17, 15) is 13.2 Å². The molecule has 0 radical (unpaired) electrons. The average molecular weight is 256 g/mol. The van der Waals surface area contributed by atoms with E-state index in [1.54, 1.807) is 19.1 Å². The third-order valence-electron chi connectivity index (χ3n) is 2.55. The molecule has 2 aromatic heterocycles. The zero-order valence-corrected chi connectivity index (χ0v) is 9.57. The highest BCUT2D eigenvalue weighted by molar-refractivity contribution is 5.30. The molecule has 0 amide bonds. The van der Waals surface area contributed by atoms with Gasteiger partial charge in [-0.3, -0.25) is 0 Å². The van der Waals surface area contributed by atoms with Crippen LogP contribution in [0.3, 0.4) is 0 Å². The van der Waals surface area contributed by atoms with Gasteiger partial charge in [0.15, 0.2) is 5.82 Å². The number of nitrogens with zero attached hydrogens (tertiary/aromatic N) is 3. The summed E-state index contributed by atoms with van der Waals surface area (Å²) >= 11 is 0. The highest BCUT2D eigenvalue weighted by atomic mass is 19.4. The molecule has 0 aliphatic carbocycles. The number of nitrogens with two attached hydrogens (primary N) is 1. The van der Waals surface area contributed by atoms with Crippen molar-refractivity contribution in [3.63, 3.8) is 0 Å². The van der Waals surface area contributed by atoms with E-state index >= 15 is 0 Å². The van der Waals surface area contributed by atoms with E-state index in [-0.39, 0.29) is 0 Å². The Hall–Kier alpha value is -1.89. The average Bonchev–Trinajstić information content (AvgIpc) is 2.77. The number of aromatic nitrogens is 3. The first-order valence-electron chi connectivity index (χ1n) is 5.20. The SMILES string of the molecule is Cc1nc(-n2cc(C(F)(F)F)cn2)ccc1CN. The Kier molecular flexibility index (Phi) is 3.08. The molecule has 0 fully saturated rings. The number of hydrogen-bond acceptors (Lipinski definition) is 3. The lowest BCUT2D eigenvalue weighted by Crippen LogP contribution is -2.05. The summed E-state index contributed by atoms with van der Waals surface area (Å²) in [5, 5.41) is 3.65. The van der Waals surface area contributed by atoms with E-state index in [0.717, 1.165) is 22.6 Å². The number of alkyl halides is 3. The third-order valence-corrected chi connectivity index (χ3v) is 2.55. The second kappa shape index (κ2) is 4.41. The maximum Gasteiger partial charge on any atom is 0.419 e. The Bertz CT molecular complexity index is 560. The van der Waals surface area contributed by atoms with Crippen LogP contribution in [0.15, 0.2) is 24.5 Å². The van der Waals surface area contributed by atoms with Gasteiger partial charge in [-0.25, -0.2) is 9.67 Å². The number of hydrogen-bond donors (Lipinski definition) is 1. The molecule has 0 aromatic carbocycles. The van der Waals surface area contributed by atoms with Gasteiger partial charge in [-0.15, -0.1) is 0 Å². The van der Waals surface area contributed by atoms with Crippen molar-refractivity contribution < 1.29 is 13.2 Å². The molecule has 2 N–H and O–H groups in total. The third kappa shape index (κ3) is 2.35. The Morgan fingerprint density at radius 3 is 2.56 bits per heavy atom. The van der Waals surface area contributed by atoms with Crippen LogP contribution in [0.4, 0.5) is 13.2 Å². The van der Waals surface area contributed by atoms with Gasteiger partial charge in [-0.1, -0.05) is 6.07 Å². The molecule has 4 nitrogen and oxygen atoms in total. The predicted octanol–water partition coefficient (Wildman–Crippen LogP) is 2.05. The summed E-state index contributed by atoms with van der Waals surface area (Å²) in [5.41, 5.74) is 6.22. The van der Waals surface area contributed by atoms with Gasteiger partial charge in [0.1, 0.15) is 0 Å². The molecule has 2 aromatic rings. The molecule has 2 rings (SSSR count). The second-order valence-corrected chi connectivity index (χ2v) is 3.79. The smallest absolute Gasteiger partial charge is 0.326 e. The maximum absolute atomic E-state index is 12.4. The van der Waals surface area contributed by atoms with Gasteiger partial charge in [0.2, 0.25) is 0 Å². The topological polar surface area (TPSA) is 56.7 Å². The lowest BCUT2D eigenvalue weighted by Gasteiger charge is -2.05. The quantitative estimate of drug-likeness (QED) is 0.894. The molecule has 2 heterocycles. The van der Waals surface area contributed by atoms with Gasteiger partial charge in [-0.05, 0) is 18.6 Å². The van der Waals surface area contributed by atoms with Crippen LogP contribution in [-0.2, 0) is 12.7 Å². The van der Waals surface area contributed by atoms with E-state index in [0.29, 0.717) is 18.1 Å². The van der Waals surface area contributed by atoms with E-state index in [1.807, 2.05) is 0 Å². The fourth-order valence-corrected chi connectivity index (χ4v) is 1.51. The molecule has 0 atom stereocenters. The summed E-state index contributed by atoms with van der Waals surface area (Å²) in [4.78, 5) is 4.16. The van der Waals surface area contributed by atoms with Crippen LogP contribution >= 0.6 is 0 Å². The fourth-order valence-electron chi connectivity index (χ4n) is 1.51. The minimum absolute atomic E-state index is 0.334. The lowest BCUT2D eigenvalue weighted by atomic mass is 10.2. The second-order valence-electron chi connectivity index (χ2n) is 3.79. The van der Waals surface area contributed by atoms with Crippen LogP contribution in [0.25, 0.3) is 5.82 Å². The molecule has 0 bridgehead atoms. The van der Waals surface area contributed by atoms with Gasteiger partial charge in [0, 0.05) is 18.4 Å². The van der Waals surface area contributed by atoms with Crippen molar-refractivity contribution in [1.82, 2.24) is 14.8 Å². The highest BCUT2D eigenvalue weighted by Crippen LogP contribution is 2.28. The van der Waals surface area contributed by atoms with Gasteiger partial charge in [0.05, 0.1) is 11.8 Å². The molecule has 0 spiro atoms. The minimum Gasteiger partial charge on any atom is -0.326 e. The van der Waals surface area contributed by atoms with Crippen molar-refractivity contribution in [3.05, 3.63) is 41.3 Å². The number of pyridine rings is 1. The van der Waals surface area contributed by atoms with Gasteiger partial charge < -0.3 is 5.73 Å². The first kappa shape index (κ1) is 12.6. The first-order chi connectivity index (χ1) is 8.41. The van der Waals surface area contributed by atoms with Crippen molar-refractivity contribution in [1.29, 1.82) is 0 Å². The van der Waals surface area contributed by atoms with Crippen LogP contribution in [0.5, 0.6) is 0 Å². The lowest BCUT2D eigenvalue weighted by molar-refractivity contribution is -0.137. The molecule has 0 aliphatic rings. The molecule has 0 saturated carbocycles. The Labute approximate surface area is 101 Å². The maximum atomic E-state index is 12.4. The zero-order valence-electron chi connectivity index (χ0n) is 9.57. The summed E-state index contributed by atoms with van der Waals surface area (Å²) in [7, 11) is 0. The van der Waals surface area contributed by atoms with Crippen molar-refractivity contribution in [3.8, 4) is 5.82 Å². The van der Waals surface area contributed by atoms with E-state index in [1.165, 1.54) is 0 Å². The Balaban J connectivity index is 2.38. The van der Waals surface area contributed by atoms with Crippen LogP contribution in [0.1, 0.15) is 16.8 Å². The van der Waals surface area contributed by atoms with Crippen molar-refractivity contribution in [2.45, 2.75) is 19.6 Å². The van der Waals surface area contributed by atoms with Crippen LogP contribution in [-0.4, -0.2) is 14.8 Å². The normalized spacial score (nSPS) is 11.8. The van der Waals surface area contributed by atoms with Gasteiger partial charge in [0.25, 0.3) is 0 Å². The summed E-state index contributed by atoms with van der Waals surface area (Å²) in [6.07, 6.45) is -2.72. The number of aryl methyl sites for hydroxylation is 1. The minimum atomic E-state index is -4.40.